The Kier molecular flexibility index (Phi) is 6.61. The minimum Gasteiger partial charge on any atom is -0.292 e. The first-order chi connectivity index (χ1) is 22.8. The number of benzene rings is 6. The van der Waals surface area contributed by atoms with E-state index < -0.39 is 7.92 Å². The molecule has 2 nitrogen and oxygen atoms in total. The van der Waals surface area contributed by atoms with Gasteiger partial charge in [-0.15, -0.1) is 0 Å². The normalized spacial score (nSPS) is 12.7. The van der Waals surface area contributed by atoms with Crippen molar-refractivity contribution in [2.45, 2.75) is 12.8 Å². The SMILES string of the molecule is C1=Cc2c(nc3c4ccccc4c4cc(-c5cccc(-c6ccc(P(c7ccccc7)c7ccccc7)cc6)c5)ccc4n23)CC1. The van der Waals surface area contributed by atoms with Gasteiger partial charge in [0.2, 0.25) is 0 Å². The quantitative estimate of drug-likeness (QED) is 0.141. The summed E-state index contributed by atoms with van der Waals surface area (Å²) in [6, 6.07) is 55.6. The van der Waals surface area contributed by atoms with Gasteiger partial charge in [-0.05, 0) is 88.6 Å². The molecule has 8 aromatic rings. The molecule has 3 heteroatoms. The number of nitrogens with zero attached hydrogens (tertiary/aromatic N) is 2. The van der Waals surface area contributed by atoms with Gasteiger partial charge in [0.05, 0.1) is 16.9 Å². The first-order valence-electron chi connectivity index (χ1n) is 16.0. The zero-order valence-electron chi connectivity index (χ0n) is 25.3. The molecule has 0 saturated carbocycles. The minimum absolute atomic E-state index is 0.625. The van der Waals surface area contributed by atoms with Gasteiger partial charge < -0.3 is 0 Å². The Bertz CT molecular complexity index is 2370. The van der Waals surface area contributed by atoms with Crippen molar-refractivity contribution < 1.29 is 0 Å². The summed E-state index contributed by atoms with van der Waals surface area (Å²) in [5.41, 5.74) is 9.57. The predicted octanol–water partition coefficient (Wildman–Crippen LogP) is 9.69. The molecule has 0 unspecified atom stereocenters. The fraction of sp³-hybridized carbons (Fsp3) is 0.0465. The molecule has 0 amide bonds. The lowest BCUT2D eigenvalue weighted by molar-refractivity contribution is 0.943. The van der Waals surface area contributed by atoms with Crippen molar-refractivity contribution >= 4 is 57.2 Å². The van der Waals surface area contributed by atoms with Crippen LogP contribution in [0.3, 0.4) is 0 Å². The number of rotatable bonds is 5. The highest BCUT2D eigenvalue weighted by Gasteiger charge is 2.19. The Morgan fingerprint density at radius 2 is 1.11 bits per heavy atom. The summed E-state index contributed by atoms with van der Waals surface area (Å²) in [6.45, 7) is 0. The summed E-state index contributed by atoms with van der Waals surface area (Å²) >= 11 is 0. The third-order valence-corrected chi connectivity index (χ3v) is 11.6. The third-order valence-electron chi connectivity index (χ3n) is 9.19. The summed E-state index contributed by atoms with van der Waals surface area (Å²) < 4.78 is 2.37. The number of allylic oxidation sites excluding steroid dienone is 1. The molecular weight excluding hydrogens is 575 g/mol. The van der Waals surface area contributed by atoms with E-state index in [1.165, 1.54) is 71.2 Å². The van der Waals surface area contributed by atoms with E-state index in [4.69, 9.17) is 4.98 Å². The maximum absolute atomic E-state index is 5.12. The number of imidazole rings is 1. The van der Waals surface area contributed by atoms with Crippen LogP contribution in [0, 0.1) is 0 Å². The molecule has 2 heterocycles. The molecule has 218 valence electrons. The Labute approximate surface area is 270 Å². The van der Waals surface area contributed by atoms with Crippen molar-refractivity contribution in [3.8, 4) is 22.3 Å². The van der Waals surface area contributed by atoms with Crippen LogP contribution in [-0.4, -0.2) is 9.38 Å². The van der Waals surface area contributed by atoms with Crippen LogP contribution in [0.15, 0.2) is 158 Å². The molecule has 0 N–H and O–H groups in total. The standard InChI is InChI=1S/C43H31N2P/c1-3-14-34(15-4-1)46(35-16-5-2-6-17-35)36-25-22-30(23-26-36)31-12-11-13-32(28-31)33-24-27-41-39(29-33)37-18-7-8-19-38(37)43-44-40-20-9-10-21-42(40)45(41)43/h1-8,10-19,21-29H,9,20H2. The van der Waals surface area contributed by atoms with Gasteiger partial charge >= 0.3 is 0 Å². The molecule has 0 spiro atoms. The van der Waals surface area contributed by atoms with Gasteiger partial charge in [0.15, 0.2) is 0 Å². The lowest BCUT2D eigenvalue weighted by atomic mass is 9.96. The molecule has 2 aromatic heterocycles. The molecule has 9 rings (SSSR count). The van der Waals surface area contributed by atoms with Crippen LogP contribution in [0.1, 0.15) is 17.8 Å². The summed E-state index contributed by atoms with van der Waals surface area (Å²) in [5, 5.41) is 7.80. The highest BCUT2D eigenvalue weighted by atomic mass is 31.1. The smallest absolute Gasteiger partial charge is 0.145 e. The van der Waals surface area contributed by atoms with Crippen molar-refractivity contribution in [1.29, 1.82) is 0 Å². The molecule has 46 heavy (non-hydrogen) atoms. The fourth-order valence-corrected chi connectivity index (χ4v) is 9.28. The van der Waals surface area contributed by atoms with Crippen molar-refractivity contribution in [3.63, 3.8) is 0 Å². The maximum Gasteiger partial charge on any atom is 0.145 e. The molecular formula is C43H31N2P. The Balaban J connectivity index is 1.12. The second kappa shape index (κ2) is 11.2. The molecule has 0 saturated heterocycles. The van der Waals surface area contributed by atoms with E-state index in [0.717, 1.165) is 18.5 Å². The first-order valence-corrected chi connectivity index (χ1v) is 17.3. The number of aromatic nitrogens is 2. The van der Waals surface area contributed by atoms with Crippen molar-refractivity contribution in [2.75, 3.05) is 0 Å². The zero-order chi connectivity index (χ0) is 30.5. The van der Waals surface area contributed by atoms with Crippen LogP contribution in [0.25, 0.3) is 55.7 Å². The predicted molar refractivity (Wildman–Crippen MR) is 197 cm³/mol. The molecule has 0 bridgehead atoms. The van der Waals surface area contributed by atoms with E-state index in [2.05, 4.69) is 168 Å². The highest BCUT2D eigenvalue weighted by molar-refractivity contribution is 7.79. The number of hydrogen-bond acceptors (Lipinski definition) is 1. The van der Waals surface area contributed by atoms with Crippen LogP contribution in [0.4, 0.5) is 0 Å². The zero-order valence-corrected chi connectivity index (χ0v) is 26.2. The second-order valence-electron chi connectivity index (χ2n) is 12.0. The first kappa shape index (κ1) is 27.0. The van der Waals surface area contributed by atoms with Gasteiger partial charge in [-0.2, -0.15) is 0 Å². The van der Waals surface area contributed by atoms with Crippen LogP contribution < -0.4 is 15.9 Å². The average molecular weight is 607 g/mol. The lowest BCUT2D eigenvalue weighted by Gasteiger charge is -2.19. The van der Waals surface area contributed by atoms with E-state index >= 15 is 0 Å². The van der Waals surface area contributed by atoms with Crippen LogP contribution in [-0.2, 0) is 6.42 Å². The monoisotopic (exact) mass is 606 g/mol. The van der Waals surface area contributed by atoms with Gasteiger partial charge in [0.1, 0.15) is 5.65 Å². The summed E-state index contributed by atoms with van der Waals surface area (Å²) in [5.74, 6) is 0. The molecule has 0 aliphatic heterocycles. The number of hydrogen-bond donors (Lipinski definition) is 0. The Morgan fingerprint density at radius 1 is 0.500 bits per heavy atom. The van der Waals surface area contributed by atoms with Crippen LogP contribution >= 0.6 is 7.92 Å². The van der Waals surface area contributed by atoms with E-state index in [1.807, 2.05) is 0 Å². The summed E-state index contributed by atoms with van der Waals surface area (Å²) in [6.07, 6.45) is 6.57. The molecule has 0 radical (unpaired) electrons. The maximum atomic E-state index is 5.12. The largest absolute Gasteiger partial charge is 0.292 e. The van der Waals surface area contributed by atoms with Crippen molar-refractivity contribution in [2.24, 2.45) is 0 Å². The molecule has 0 fully saturated rings. The number of fused-ring (bicyclic) bond motifs is 8. The number of pyridine rings is 1. The van der Waals surface area contributed by atoms with Gasteiger partial charge in [0, 0.05) is 10.8 Å². The van der Waals surface area contributed by atoms with Crippen molar-refractivity contribution in [1.82, 2.24) is 9.38 Å². The van der Waals surface area contributed by atoms with Crippen LogP contribution in [0.2, 0.25) is 0 Å². The van der Waals surface area contributed by atoms with Crippen molar-refractivity contribution in [3.05, 3.63) is 169 Å². The molecule has 0 atom stereocenters. The van der Waals surface area contributed by atoms with Gasteiger partial charge in [-0.25, -0.2) is 4.98 Å². The molecule has 6 aromatic carbocycles. The summed E-state index contributed by atoms with van der Waals surface area (Å²) in [7, 11) is -0.625. The minimum atomic E-state index is -0.625. The third kappa shape index (κ3) is 4.57. The Morgan fingerprint density at radius 3 is 1.85 bits per heavy atom. The molecule has 1 aliphatic rings. The highest BCUT2D eigenvalue weighted by Crippen LogP contribution is 2.37. The van der Waals surface area contributed by atoms with E-state index in [1.54, 1.807) is 0 Å². The van der Waals surface area contributed by atoms with Gasteiger partial charge in [-0.1, -0.05) is 140 Å². The van der Waals surface area contributed by atoms with Crippen LogP contribution in [0.5, 0.6) is 0 Å². The second-order valence-corrected chi connectivity index (χ2v) is 14.2. The lowest BCUT2D eigenvalue weighted by Crippen LogP contribution is -2.20. The topological polar surface area (TPSA) is 17.3 Å². The van der Waals surface area contributed by atoms with E-state index in [0.29, 0.717) is 0 Å². The Hall–Kier alpha value is -5.30. The van der Waals surface area contributed by atoms with E-state index in [9.17, 15) is 0 Å². The average Bonchev–Trinajstić information content (AvgIpc) is 3.53. The van der Waals surface area contributed by atoms with E-state index in [-0.39, 0.29) is 0 Å². The number of aryl methyl sites for hydroxylation is 1. The fourth-order valence-electron chi connectivity index (χ4n) is 6.99. The van der Waals surface area contributed by atoms with Gasteiger partial charge in [0.25, 0.3) is 0 Å². The van der Waals surface area contributed by atoms with Gasteiger partial charge in [-0.3, -0.25) is 4.40 Å². The summed E-state index contributed by atoms with van der Waals surface area (Å²) in [4.78, 5) is 5.12. The molecule has 1 aliphatic carbocycles.